The van der Waals surface area contributed by atoms with Crippen molar-refractivity contribution < 1.29 is 4.79 Å². The SMILES string of the molecule is Cc1cccc(C(=O)NNC(C)(C)C)c1C. The fourth-order valence-corrected chi connectivity index (χ4v) is 1.31. The molecular formula is C13H20N2O. The number of hydrogen-bond acceptors (Lipinski definition) is 2. The van der Waals surface area contributed by atoms with Crippen molar-refractivity contribution in [3.05, 3.63) is 34.9 Å². The maximum absolute atomic E-state index is 11.9. The van der Waals surface area contributed by atoms with E-state index in [2.05, 4.69) is 10.9 Å². The van der Waals surface area contributed by atoms with Crippen LogP contribution in [0.25, 0.3) is 0 Å². The minimum atomic E-state index is -0.132. The standard InChI is InChI=1S/C13H20N2O/c1-9-7-6-8-11(10(9)2)12(16)14-15-13(3,4)5/h6-8,15H,1-5H3,(H,14,16). The smallest absolute Gasteiger partial charge is 0.265 e. The van der Waals surface area contributed by atoms with Crippen LogP contribution in [0.5, 0.6) is 0 Å². The highest BCUT2D eigenvalue weighted by Crippen LogP contribution is 2.12. The van der Waals surface area contributed by atoms with Gasteiger partial charge in [0.15, 0.2) is 0 Å². The van der Waals surface area contributed by atoms with Gasteiger partial charge in [-0.3, -0.25) is 10.2 Å². The third kappa shape index (κ3) is 3.35. The van der Waals surface area contributed by atoms with Crippen LogP contribution in [0.15, 0.2) is 18.2 Å². The van der Waals surface area contributed by atoms with Gasteiger partial charge < -0.3 is 0 Å². The molecule has 1 aromatic rings. The molecule has 0 spiro atoms. The van der Waals surface area contributed by atoms with Gasteiger partial charge in [0, 0.05) is 11.1 Å². The van der Waals surface area contributed by atoms with Crippen molar-refractivity contribution in [3.63, 3.8) is 0 Å². The first-order chi connectivity index (χ1) is 7.31. The average molecular weight is 220 g/mol. The fraction of sp³-hybridized carbons (Fsp3) is 0.462. The number of benzene rings is 1. The molecule has 0 unspecified atom stereocenters. The Bertz CT molecular complexity index is 391. The maximum atomic E-state index is 11.9. The molecule has 1 rings (SSSR count). The maximum Gasteiger partial charge on any atom is 0.265 e. The van der Waals surface area contributed by atoms with Crippen LogP contribution in [0.2, 0.25) is 0 Å². The van der Waals surface area contributed by atoms with Crippen LogP contribution < -0.4 is 10.9 Å². The number of hydrazine groups is 1. The highest BCUT2D eigenvalue weighted by molar-refractivity contribution is 5.95. The Morgan fingerprint density at radius 3 is 2.38 bits per heavy atom. The molecule has 0 heterocycles. The van der Waals surface area contributed by atoms with Crippen molar-refractivity contribution in [3.8, 4) is 0 Å². The van der Waals surface area contributed by atoms with Crippen LogP contribution in [0.3, 0.4) is 0 Å². The van der Waals surface area contributed by atoms with Crippen LogP contribution in [0.1, 0.15) is 42.3 Å². The molecule has 0 saturated heterocycles. The van der Waals surface area contributed by atoms with E-state index in [0.29, 0.717) is 0 Å². The van der Waals surface area contributed by atoms with Crippen LogP contribution in [-0.4, -0.2) is 11.4 Å². The van der Waals surface area contributed by atoms with E-state index in [4.69, 9.17) is 0 Å². The lowest BCUT2D eigenvalue weighted by atomic mass is 10.0. The molecule has 88 valence electrons. The molecule has 3 heteroatoms. The summed E-state index contributed by atoms with van der Waals surface area (Å²) in [7, 11) is 0. The van der Waals surface area contributed by atoms with E-state index in [-0.39, 0.29) is 11.4 Å². The van der Waals surface area contributed by atoms with Crippen LogP contribution >= 0.6 is 0 Å². The van der Waals surface area contributed by atoms with Gasteiger partial charge in [0.05, 0.1) is 0 Å². The summed E-state index contributed by atoms with van der Waals surface area (Å²) in [5.41, 5.74) is 8.42. The first-order valence-corrected chi connectivity index (χ1v) is 5.45. The first kappa shape index (κ1) is 12.7. The molecule has 1 amide bonds. The second-order valence-electron chi connectivity index (χ2n) is 5.08. The number of nitrogens with one attached hydrogen (secondary N) is 2. The zero-order chi connectivity index (χ0) is 12.3. The van der Waals surface area contributed by atoms with Crippen molar-refractivity contribution in [1.82, 2.24) is 10.9 Å². The first-order valence-electron chi connectivity index (χ1n) is 5.45. The van der Waals surface area contributed by atoms with Crippen molar-refractivity contribution in [2.45, 2.75) is 40.2 Å². The van der Waals surface area contributed by atoms with E-state index >= 15 is 0 Å². The Labute approximate surface area is 97.2 Å². The lowest BCUT2D eigenvalue weighted by Gasteiger charge is -2.21. The average Bonchev–Trinajstić information content (AvgIpc) is 2.17. The van der Waals surface area contributed by atoms with Crippen molar-refractivity contribution in [2.75, 3.05) is 0 Å². The summed E-state index contributed by atoms with van der Waals surface area (Å²) in [5, 5.41) is 0. The third-order valence-electron chi connectivity index (χ3n) is 2.40. The number of rotatable bonds is 2. The number of carbonyl (C=O) groups excluding carboxylic acids is 1. The molecule has 0 fully saturated rings. The van der Waals surface area contributed by atoms with Gasteiger partial charge in [-0.2, -0.15) is 0 Å². The monoisotopic (exact) mass is 220 g/mol. The Morgan fingerprint density at radius 1 is 1.19 bits per heavy atom. The quantitative estimate of drug-likeness (QED) is 0.751. The second-order valence-corrected chi connectivity index (χ2v) is 5.08. The van der Waals surface area contributed by atoms with Gasteiger partial charge in [-0.15, -0.1) is 0 Å². The molecule has 3 nitrogen and oxygen atoms in total. The van der Waals surface area contributed by atoms with E-state index < -0.39 is 0 Å². The molecule has 0 aliphatic heterocycles. The number of carbonyl (C=O) groups is 1. The van der Waals surface area contributed by atoms with Crippen LogP contribution in [-0.2, 0) is 0 Å². The van der Waals surface area contributed by atoms with E-state index in [9.17, 15) is 4.79 Å². The summed E-state index contributed by atoms with van der Waals surface area (Å²) >= 11 is 0. The molecule has 1 aromatic carbocycles. The summed E-state index contributed by atoms with van der Waals surface area (Å²) in [6.07, 6.45) is 0. The lowest BCUT2D eigenvalue weighted by molar-refractivity contribution is 0.0913. The Balaban J connectivity index is 2.78. The molecule has 0 bridgehead atoms. The minimum Gasteiger partial charge on any atom is -0.287 e. The zero-order valence-electron chi connectivity index (χ0n) is 10.6. The molecule has 0 saturated carbocycles. The minimum absolute atomic E-state index is 0.0869. The second kappa shape index (κ2) is 4.66. The zero-order valence-corrected chi connectivity index (χ0v) is 10.6. The van der Waals surface area contributed by atoms with Gasteiger partial charge >= 0.3 is 0 Å². The largest absolute Gasteiger partial charge is 0.287 e. The topological polar surface area (TPSA) is 41.1 Å². The number of aryl methyl sites for hydroxylation is 1. The van der Waals surface area contributed by atoms with Crippen LogP contribution in [0, 0.1) is 13.8 Å². The van der Waals surface area contributed by atoms with Crippen molar-refractivity contribution >= 4 is 5.91 Å². The fourth-order valence-electron chi connectivity index (χ4n) is 1.31. The van der Waals surface area contributed by atoms with Gasteiger partial charge in [0.25, 0.3) is 5.91 Å². The Morgan fingerprint density at radius 2 is 1.81 bits per heavy atom. The number of hydrogen-bond donors (Lipinski definition) is 2. The molecule has 0 aromatic heterocycles. The van der Waals surface area contributed by atoms with Gasteiger partial charge in [0.2, 0.25) is 0 Å². The highest BCUT2D eigenvalue weighted by atomic mass is 16.2. The van der Waals surface area contributed by atoms with Gasteiger partial charge in [0.1, 0.15) is 0 Å². The number of amides is 1. The normalized spacial score (nSPS) is 11.3. The van der Waals surface area contributed by atoms with Crippen LogP contribution in [0.4, 0.5) is 0 Å². The van der Waals surface area contributed by atoms with E-state index in [1.807, 2.05) is 52.8 Å². The lowest BCUT2D eigenvalue weighted by Crippen LogP contribution is -2.48. The van der Waals surface area contributed by atoms with Gasteiger partial charge in [-0.25, -0.2) is 5.43 Å². The predicted molar refractivity (Wildman–Crippen MR) is 66.3 cm³/mol. The Hall–Kier alpha value is -1.35. The molecule has 2 N–H and O–H groups in total. The third-order valence-corrected chi connectivity index (χ3v) is 2.40. The summed E-state index contributed by atoms with van der Waals surface area (Å²) < 4.78 is 0. The molecule has 0 radical (unpaired) electrons. The summed E-state index contributed by atoms with van der Waals surface area (Å²) in [6.45, 7) is 9.95. The van der Waals surface area contributed by atoms with Gasteiger partial charge in [-0.05, 0) is 51.8 Å². The van der Waals surface area contributed by atoms with E-state index in [1.165, 1.54) is 0 Å². The Kier molecular flexibility index (Phi) is 3.70. The summed E-state index contributed by atoms with van der Waals surface area (Å²) in [4.78, 5) is 11.9. The van der Waals surface area contributed by atoms with Crippen molar-refractivity contribution in [1.29, 1.82) is 0 Å². The van der Waals surface area contributed by atoms with E-state index in [0.717, 1.165) is 16.7 Å². The molecular weight excluding hydrogens is 200 g/mol. The molecule has 0 atom stereocenters. The molecule has 0 aliphatic rings. The molecule has 0 aliphatic carbocycles. The summed E-state index contributed by atoms with van der Waals surface area (Å²) in [6, 6.07) is 5.74. The van der Waals surface area contributed by atoms with Gasteiger partial charge in [-0.1, -0.05) is 12.1 Å². The predicted octanol–water partition coefficient (Wildman–Crippen LogP) is 2.34. The van der Waals surface area contributed by atoms with E-state index in [1.54, 1.807) is 0 Å². The summed E-state index contributed by atoms with van der Waals surface area (Å²) in [5.74, 6) is -0.0869. The van der Waals surface area contributed by atoms with Crippen molar-refractivity contribution in [2.24, 2.45) is 0 Å². The highest BCUT2D eigenvalue weighted by Gasteiger charge is 2.13. The molecule has 16 heavy (non-hydrogen) atoms.